The van der Waals surface area contributed by atoms with Crippen molar-refractivity contribution in [1.82, 2.24) is 0 Å². The first-order valence-electron chi connectivity index (χ1n) is 1.41. The molecule has 0 aliphatic rings. The Bertz CT molecular complexity index is 10.8. The molecular weight excluding hydrogens is 157 g/mol. The molecule has 0 saturated heterocycles. The van der Waals surface area contributed by atoms with Crippen LogP contribution in [-0.2, 0) is 0 Å². The number of halogens is 3. The van der Waals surface area contributed by atoms with Crippen molar-refractivity contribution in [3.8, 4) is 0 Å². The minimum atomic E-state index is 0.557. The van der Waals surface area contributed by atoms with E-state index in [1.54, 1.807) is 0 Å². The zero-order chi connectivity index (χ0) is 5.41. The summed E-state index contributed by atoms with van der Waals surface area (Å²) in [5.74, 6) is 1.11. The van der Waals surface area contributed by atoms with Crippen LogP contribution in [-0.4, -0.2) is 27.1 Å². The normalized spacial score (nSPS) is 5.83. The zero-order valence-electron chi connectivity index (χ0n) is 3.55. The Morgan fingerprint density at radius 3 is 1.17 bits per heavy atom. The third kappa shape index (κ3) is 18.1. The fourth-order valence-corrected chi connectivity index (χ4v) is 0. The highest BCUT2D eigenvalue weighted by atomic mass is 35.6. The summed E-state index contributed by atoms with van der Waals surface area (Å²) in [4.78, 5) is 0. The van der Waals surface area contributed by atoms with Crippen molar-refractivity contribution in [3.05, 3.63) is 0 Å². The first-order chi connectivity index (χ1) is 2.91. The van der Waals surface area contributed by atoms with Crippen LogP contribution < -0.4 is 0 Å². The molecule has 0 radical (unpaired) electrons. The highest BCUT2D eigenvalue weighted by Gasteiger charge is 1.61. The third-order valence-electron chi connectivity index (χ3n) is 0.0714. The van der Waals surface area contributed by atoms with Crippen molar-refractivity contribution < 1.29 is 0 Å². The molecule has 0 aromatic heterocycles. The fourth-order valence-electron chi connectivity index (χ4n) is 0. The topological polar surface area (TPSA) is 0 Å². The number of hydrogen-bond donors (Lipinski definition) is 0. The SMILES string of the molecule is ClCCCl.[AlH2][Cl]. The quantitative estimate of drug-likeness (QED) is 0.403. The van der Waals surface area contributed by atoms with Crippen LogP contribution in [0.4, 0.5) is 0 Å². The van der Waals surface area contributed by atoms with Gasteiger partial charge in [0.15, 0.2) is 0 Å². The second-order valence-corrected chi connectivity index (χ2v) is 1.13. The molecule has 0 amide bonds. The predicted octanol–water partition coefficient (Wildman–Crippen LogP) is 1.24. The Labute approximate surface area is 60.4 Å². The van der Waals surface area contributed by atoms with Crippen LogP contribution in [0.1, 0.15) is 0 Å². The van der Waals surface area contributed by atoms with Gasteiger partial charge in [0.2, 0.25) is 0 Å². The van der Waals surface area contributed by atoms with E-state index in [0.717, 1.165) is 15.4 Å². The highest BCUT2D eigenvalue weighted by molar-refractivity contribution is 6.80. The first-order valence-corrected chi connectivity index (χ1v) is 5.51. The summed E-state index contributed by atoms with van der Waals surface area (Å²) < 4.78 is 0. The maximum Gasteiger partial charge on any atom is 0.353 e. The lowest BCUT2D eigenvalue weighted by Crippen LogP contribution is -1.63. The Balaban J connectivity index is 0. The van der Waals surface area contributed by atoms with Crippen molar-refractivity contribution in [2.75, 3.05) is 11.8 Å². The molecule has 0 aromatic carbocycles. The molecule has 0 atom stereocenters. The van der Waals surface area contributed by atoms with E-state index in [2.05, 4.69) is 0 Å². The zero-order valence-corrected chi connectivity index (χ0v) is 7.82. The molecule has 0 bridgehead atoms. The predicted molar refractivity (Wildman–Crippen MR) is 35.8 cm³/mol. The Morgan fingerprint density at radius 2 is 1.17 bits per heavy atom. The van der Waals surface area contributed by atoms with Crippen molar-refractivity contribution in [3.63, 3.8) is 0 Å². The van der Waals surface area contributed by atoms with E-state index in [-0.39, 0.29) is 0 Å². The maximum absolute atomic E-state index is 5.05. The van der Waals surface area contributed by atoms with Crippen molar-refractivity contribution >= 4 is 48.6 Å². The van der Waals surface area contributed by atoms with E-state index in [1.807, 2.05) is 0 Å². The molecular formula is C2H6AlCl3. The second-order valence-electron chi connectivity index (χ2n) is 0.378. The third-order valence-corrected chi connectivity index (χ3v) is 0.643. The molecule has 0 heterocycles. The van der Waals surface area contributed by atoms with Gasteiger partial charge in [0.05, 0.1) is 0 Å². The second kappa shape index (κ2) is 16.1. The van der Waals surface area contributed by atoms with E-state index in [4.69, 9.17) is 33.3 Å². The van der Waals surface area contributed by atoms with E-state index in [0.29, 0.717) is 11.8 Å². The van der Waals surface area contributed by atoms with Gasteiger partial charge in [-0.15, -0.1) is 23.2 Å². The van der Waals surface area contributed by atoms with Crippen LogP contribution in [0, 0.1) is 0 Å². The van der Waals surface area contributed by atoms with Crippen LogP contribution in [0.2, 0.25) is 0 Å². The van der Waals surface area contributed by atoms with Crippen molar-refractivity contribution in [2.45, 2.75) is 0 Å². The number of hydrogen-bond acceptors (Lipinski definition) is 0. The molecule has 0 N–H and O–H groups in total. The van der Waals surface area contributed by atoms with E-state index in [1.165, 1.54) is 0 Å². The summed E-state index contributed by atoms with van der Waals surface area (Å²) in [6.07, 6.45) is 0. The summed E-state index contributed by atoms with van der Waals surface area (Å²) in [6, 6.07) is 0. The van der Waals surface area contributed by atoms with Crippen LogP contribution in [0.5, 0.6) is 0 Å². The first kappa shape index (κ1) is 10.4. The van der Waals surface area contributed by atoms with Gasteiger partial charge in [-0.05, 0) is 0 Å². The van der Waals surface area contributed by atoms with Crippen LogP contribution in [0.15, 0.2) is 0 Å². The van der Waals surface area contributed by atoms with Crippen molar-refractivity contribution in [2.24, 2.45) is 0 Å². The lowest BCUT2D eigenvalue weighted by molar-refractivity contribution is 1.52. The molecule has 0 aromatic rings. The Kier molecular flexibility index (Phi) is 28.0. The monoisotopic (exact) mass is 162 g/mol. The lowest BCUT2D eigenvalue weighted by atomic mass is 11.0. The standard InChI is InChI=1S/C2H4Cl2.Al.ClH.2H/c3-1-2-4;;;;/h1-2H2;;1H;;/q;+1;;;/p-1. The van der Waals surface area contributed by atoms with Gasteiger partial charge >= 0.3 is 15.4 Å². The van der Waals surface area contributed by atoms with Crippen LogP contribution in [0.25, 0.3) is 0 Å². The van der Waals surface area contributed by atoms with Gasteiger partial charge in [0.1, 0.15) is 0 Å². The van der Waals surface area contributed by atoms with Gasteiger partial charge in [0.25, 0.3) is 0 Å². The Hall–Kier alpha value is 1.40. The van der Waals surface area contributed by atoms with Crippen LogP contribution >= 0.6 is 33.3 Å². The van der Waals surface area contributed by atoms with Crippen LogP contribution in [0.3, 0.4) is 0 Å². The van der Waals surface area contributed by atoms with E-state index in [9.17, 15) is 0 Å². The highest BCUT2D eigenvalue weighted by Crippen LogP contribution is 1.75. The summed E-state index contributed by atoms with van der Waals surface area (Å²) in [6.45, 7) is 0. The van der Waals surface area contributed by atoms with Crippen molar-refractivity contribution in [1.29, 1.82) is 0 Å². The Morgan fingerprint density at radius 1 is 1.00 bits per heavy atom. The molecule has 0 nitrogen and oxygen atoms in total. The van der Waals surface area contributed by atoms with Gasteiger partial charge in [-0.25, -0.2) is 0 Å². The molecule has 38 valence electrons. The maximum atomic E-state index is 5.05. The average Bonchev–Trinajstić information content (AvgIpc) is 1.72. The summed E-state index contributed by atoms with van der Waals surface area (Å²) in [7, 11) is 4.78. The number of rotatable bonds is 1. The molecule has 4 heteroatoms. The summed E-state index contributed by atoms with van der Waals surface area (Å²) >= 11 is 10.9. The van der Waals surface area contributed by atoms with Gasteiger partial charge < -0.3 is 0 Å². The fraction of sp³-hybridized carbons (Fsp3) is 1.00. The molecule has 0 aliphatic carbocycles. The molecule has 0 spiro atoms. The smallest absolute Gasteiger partial charge is 0.273 e. The average molecular weight is 163 g/mol. The molecule has 0 unspecified atom stereocenters. The van der Waals surface area contributed by atoms with E-state index < -0.39 is 0 Å². The summed E-state index contributed by atoms with van der Waals surface area (Å²) in [5.41, 5.74) is 0. The molecule has 0 rings (SSSR count). The van der Waals surface area contributed by atoms with Gasteiger partial charge in [-0.1, -0.05) is 0 Å². The molecule has 0 saturated carbocycles. The molecule has 0 fully saturated rings. The minimum absolute atomic E-state index is 0.557. The number of alkyl halides is 2. The molecule has 6 heavy (non-hydrogen) atoms. The van der Waals surface area contributed by atoms with Gasteiger partial charge in [0, 0.05) is 11.8 Å². The minimum Gasteiger partial charge on any atom is -0.273 e. The summed E-state index contributed by atoms with van der Waals surface area (Å²) in [5, 5.41) is 0. The largest absolute Gasteiger partial charge is 0.353 e. The molecule has 0 aliphatic heterocycles. The van der Waals surface area contributed by atoms with Gasteiger partial charge in [-0.2, -0.15) is 0 Å². The van der Waals surface area contributed by atoms with E-state index >= 15 is 0 Å². The van der Waals surface area contributed by atoms with Gasteiger partial charge in [-0.3, -0.25) is 10.0 Å². The lowest BCUT2D eigenvalue weighted by Gasteiger charge is -1.63.